The number of benzene rings is 2. The van der Waals surface area contributed by atoms with Gasteiger partial charge in [0.1, 0.15) is 11.6 Å². The molecule has 0 N–H and O–H groups in total. The number of halogens is 2. The lowest BCUT2D eigenvalue weighted by Gasteiger charge is -2.32. The van der Waals surface area contributed by atoms with Gasteiger partial charge in [0.2, 0.25) is 0 Å². The molecule has 0 atom stereocenters. The summed E-state index contributed by atoms with van der Waals surface area (Å²) in [5, 5.41) is 4.30. The Morgan fingerprint density at radius 1 is 0.935 bits per heavy atom. The van der Waals surface area contributed by atoms with Crippen LogP contribution in [0.15, 0.2) is 59.4 Å². The molecule has 0 saturated carbocycles. The van der Waals surface area contributed by atoms with Gasteiger partial charge in [-0.05, 0) is 56.9 Å². The fourth-order valence-electron chi connectivity index (χ4n) is 3.41. The minimum atomic E-state index is -0.704. The van der Waals surface area contributed by atoms with Gasteiger partial charge in [-0.25, -0.2) is 13.5 Å². The summed E-state index contributed by atoms with van der Waals surface area (Å²) in [6, 6.07) is 13.5. The molecule has 1 saturated heterocycles. The third kappa shape index (κ3) is 4.31. The Morgan fingerprint density at radius 2 is 1.58 bits per heavy atom. The van der Waals surface area contributed by atoms with E-state index in [1.54, 1.807) is 0 Å². The molecule has 1 aromatic heterocycles. The second-order valence-corrected chi connectivity index (χ2v) is 8.71. The lowest BCUT2D eigenvalue weighted by atomic mass is 9.78. The third-order valence-electron chi connectivity index (χ3n) is 5.83. The fourth-order valence-corrected chi connectivity index (χ4v) is 3.41. The van der Waals surface area contributed by atoms with E-state index in [0.29, 0.717) is 5.69 Å². The average molecular weight is 424 g/mol. The van der Waals surface area contributed by atoms with Crippen LogP contribution < -0.4 is 11.0 Å². The van der Waals surface area contributed by atoms with E-state index < -0.39 is 30.0 Å². The minimum Gasteiger partial charge on any atom is -0.399 e. The van der Waals surface area contributed by atoms with Gasteiger partial charge in [-0.2, -0.15) is 5.10 Å². The SMILES string of the molecule is CC1(C)OB(c2cccc(Cn3nc(-c4cc(F)cc(F)c4)ccc3=O)c2)OC1(C)C. The van der Waals surface area contributed by atoms with Gasteiger partial charge in [0, 0.05) is 17.7 Å². The smallest absolute Gasteiger partial charge is 0.399 e. The van der Waals surface area contributed by atoms with Crippen molar-refractivity contribution < 1.29 is 18.1 Å². The highest BCUT2D eigenvalue weighted by molar-refractivity contribution is 6.62. The van der Waals surface area contributed by atoms with Crippen LogP contribution in [0, 0.1) is 11.6 Å². The Kier molecular flexibility index (Phi) is 5.31. The van der Waals surface area contributed by atoms with Crippen LogP contribution in [0.5, 0.6) is 0 Å². The summed E-state index contributed by atoms with van der Waals surface area (Å²) in [6.07, 6.45) is 0. The maximum Gasteiger partial charge on any atom is 0.494 e. The first-order valence-corrected chi connectivity index (χ1v) is 10.0. The van der Waals surface area contributed by atoms with Crippen LogP contribution in [0.4, 0.5) is 8.78 Å². The lowest BCUT2D eigenvalue weighted by molar-refractivity contribution is 0.00578. The van der Waals surface area contributed by atoms with Crippen LogP contribution in [-0.4, -0.2) is 28.1 Å². The van der Waals surface area contributed by atoms with E-state index in [9.17, 15) is 13.6 Å². The Morgan fingerprint density at radius 3 is 2.23 bits per heavy atom. The molecule has 0 spiro atoms. The molecule has 3 aromatic rings. The van der Waals surface area contributed by atoms with Crippen molar-refractivity contribution in [1.82, 2.24) is 9.78 Å². The molecular weight excluding hydrogens is 401 g/mol. The molecule has 160 valence electrons. The molecule has 1 fully saturated rings. The van der Waals surface area contributed by atoms with Crippen molar-refractivity contribution in [2.75, 3.05) is 0 Å². The molecule has 0 radical (unpaired) electrons. The molecule has 4 rings (SSSR count). The maximum atomic E-state index is 13.6. The molecule has 31 heavy (non-hydrogen) atoms. The second kappa shape index (κ2) is 7.69. The van der Waals surface area contributed by atoms with Gasteiger partial charge in [0.25, 0.3) is 5.56 Å². The van der Waals surface area contributed by atoms with Crippen LogP contribution >= 0.6 is 0 Å². The predicted octanol–water partition coefficient (Wildman–Crippen LogP) is 3.54. The summed E-state index contributed by atoms with van der Waals surface area (Å²) in [5.74, 6) is -1.41. The van der Waals surface area contributed by atoms with Crippen LogP contribution in [0.3, 0.4) is 0 Å². The van der Waals surface area contributed by atoms with E-state index in [-0.39, 0.29) is 17.7 Å². The van der Waals surface area contributed by atoms with E-state index in [4.69, 9.17) is 9.31 Å². The van der Waals surface area contributed by atoms with E-state index in [0.717, 1.165) is 17.1 Å². The van der Waals surface area contributed by atoms with E-state index in [1.165, 1.54) is 28.9 Å². The highest BCUT2D eigenvalue weighted by Crippen LogP contribution is 2.36. The van der Waals surface area contributed by atoms with E-state index >= 15 is 0 Å². The largest absolute Gasteiger partial charge is 0.494 e. The van der Waals surface area contributed by atoms with Crippen molar-refractivity contribution >= 4 is 12.6 Å². The molecule has 5 nitrogen and oxygen atoms in total. The molecule has 0 unspecified atom stereocenters. The van der Waals surface area contributed by atoms with Gasteiger partial charge in [0.05, 0.1) is 23.4 Å². The maximum absolute atomic E-state index is 13.6. The van der Waals surface area contributed by atoms with Crippen LogP contribution in [0.25, 0.3) is 11.3 Å². The molecular formula is C23H23BF2N2O3. The third-order valence-corrected chi connectivity index (χ3v) is 5.83. The van der Waals surface area contributed by atoms with Gasteiger partial charge in [0.15, 0.2) is 0 Å². The molecule has 1 aliphatic rings. The number of aromatic nitrogens is 2. The molecule has 8 heteroatoms. The first-order valence-electron chi connectivity index (χ1n) is 10.0. The normalized spacial score (nSPS) is 17.2. The topological polar surface area (TPSA) is 53.4 Å². The van der Waals surface area contributed by atoms with E-state index in [2.05, 4.69) is 5.10 Å². The molecule has 2 heterocycles. The number of rotatable bonds is 4. The molecule has 2 aromatic carbocycles. The van der Waals surface area contributed by atoms with Crippen molar-refractivity contribution in [1.29, 1.82) is 0 Å². The van der Waals surface area contributed by atoms with Crippen molar-refractivity contribution in [3.8, 4) is 11.3 Å². The highest BCUT2D eigenvalue weighted by Gasteiger charge is 2.51. The van der Waals surface area contributed by atoms with Crippen molar-refractivity contribution in [2.24, 2.45) is 0 Å². The summed E-state index contributed by atoms with van der Waals surface area (Å²) in [6.45, 7) is 8.14. The fraction of sp³-hybridized carbons (Fsp3) is 0.304. The van der Waals surface area contributed by atoms with Crippen molar-refractivity contribution in [3.63, 3.8) is 0 Å². The van der Waals surface area contributed by atoms with Gasteiger partial charge in [-0.1, -0.05) is 24.3 Å². The standard InChI is InChI=1S/C23H23BF2N2O3/c1-22(2)23(3,4)31-24(30-22)17-7-5-6-15(10-17)14-28-21(29)9-8-20(27-28)16-11-18(25)13-19(26)12-16/h5-13H,14H2,1-4H3. The number of nitrogens with zero attached hydrogens (tertiary/aromatic N) is 2. The zero-order valence-electron chi connectivity index (χ0n) is 17.9. The summed E-state index contributed by atoms with van der Waals surface area (Å²) >= 11 is 0. The monoisotopic (exact) mass is 424 g/mol. The van der Waals surface area contributed by atoms with Crippen LogP contribution in [0.2, 0.25) is 0 Å². The number of hydrogen-bond donors (Lipinski definition) is 0. The highest BCUT2D eigenvalue weighted by atomic mass is 19.1. The van der Waals surface area contributed by atoms with Crippen LogP contribution in [0.1, 0.15) is 33.3 Å². The Balaban J connectivity index is 1.62. The lowest BCUT2D eigenvalue weighted by Crippen LogP contribution is -2.41. The van der Waals surface area contributed by atoms with Gasteiger partial charge >= 0.3 is 7.12 Å². The second-order valence-electron chi connectivity index (χ2n) is 8.71. The molecule has 1 aliphatic heterocycles. The van der Waals surface area contributed by atoms with Crippen molar-refractivity contribution in [2.45, 2.75) is 45.4 Å². The summed E-state index contributed by atoms with van der Waals surface area (Å²) < 4.78 is 40.6. The van der Waals surface area contributed by atoms with E-state index in [1.807, 2.05) is 52.0 Å². The Hall–Kier alpha value is -2.84. The van der Waals surface area contributed by atoms with Gasteiger partial charge in [-0.15, -0.1) is 0 Å². The summed E-state index contributed by atoms with van der Waals surface area (Å²) in [5.41, 5.74) is 0.998. The molecule has 0 bridgehead atoms. The Bertz CT molecular complexity index is 1160. The van der Waals surface area contributed by atoms with Crippen LogP contribution in [-0.2, 0) is 15.9 Å². The first kappa shape index (κ1) is 21.4. The minimum absolute atomic E-state index is 0.192. The quantitative estimate of drug-likeness (QED) is 0.602. The zero-order chi connectivity index (χ0) is 22.4. The zero-order valence-corrected chi connectivity index (χ0v) is 17.9. The summed E-state index contributed by atoms with van der Waals surface area (Å²) in [4.78, 5) is 12.4. The van der Waals surface area contributed by atoms with Gasteiger partial charge in [-0.3, -0.25) is 4.79 Å². The average Bonchev–Trinajstić information content (AvgIpc) is 2.90. The predicted molar refractivity (Wildman–Crippen MR) is 115 cm³/mol. The molecule has 0 aliphatic carbocycles. The molecule has 0 amide bonds. The Labute approximate surface area is 179 Å². The summed E-state index contributed by atoms with van der Waals surface area (Å²) in [7, 11) is -0.517. The first-order chi connectivity index (χ1) is 14.5. The number of hydrogen-bond acceptors (Lipinski definition) is 4. The van der Waals surface area contributed by atoms with Crippen molar-refractivity contribution in [3.05, 3.63) is 82.1 Å². The van der Waals surface area contributed by atoms with Gasteiger partial charge < -0.3 is 9.31 Å².